The van der Waals surface area contributed by atoms with Crippen molar-refractivity contribution in [2.24, 2.45) is 0 Å². The smallest absolute Gasteiger partial charge is 0.284 e. The molecule has 0 saturated carbocycles. The van der Waals surface area contributed by atoms with E-state index in [0.29, 0.717) is 0 Å². The third-order valence-corrected chi connectivity index (χ3v) is 3.23. The lowest BCUT2D eigenvalue weighted by Crippen LogP contribution is -2.05. The van der Waals surface area contributed by atoms with Gasteiger partial charge in [0.25, 0.3) is 5.69 Å². The second kappa shape index (κ2) is 5.09. The summed E-state index contributed by atoms with van der Waals surface area (Å²) >= 11 is 12.8. The van der Waals surface area contributed by atoms with Gasteiger partial charge < -0.3 is 0 Å². The van der Waals surface area contributed by atoms with Crippen molar-refractivity contribution in [1.29, 1.82) is 0 Å². The maximum absolute atomic E-state index is 11.3. The molecule has 0 heterocycles. The van der Waals surface area contributed by atoms with Gasteiger partial charge in [0.1, 0.15) is 3.57 Å². The summed E-state index contributed by atoms with van der Waals surface area (Å²) in [6.45, 7) is 0. The van der Waals surface area contributed by atoms with Crippen molar-refractivity contribution in [2.75, 3.05) is 5.88 Å². The molecular weight excluding hydrogens is 356 g/mol. The van der Waals surface area contributed by atoms with Gasteiger partial charge in [0.05, 0.1) is 10.8 Å². The number of hydrogen-bond acceptors (Lipinski definition) is 3. The lowest BCUT2D eigenvalue weighted by molar-refractivity contribution is -0.385. The zero-order valence-electron chi connectivity index (χ0n) is 7.17. The Morgan fingerprint density at radius 3 is 2.60 bits per heavy atom. The van der Waals surface area contributed by atoms with Crippen LogP contribution in [-0.2, 0) is 0 Å². The van der Waals surface area contributed by atoms with Gasteiger partial charge in [-0.25, -0.2) is 0 Å². The van der Waals surface area contributed by atoms with Crippen LogP contribution in [0.4, 0.5) is 5.69 Å². The van der Waals surface area contributed by atoms with Crippen molar-refractivity contribution >= 4 is 57.3 Å². The first-order chi connectivity index (χ1) is 6.97. The molecule has 0 bridgehead atoms. The molecule has 1 rings (SSSR count). The quantitative estimate of drug-likeness (QED) is 0.273. The second-order valence-electron chi connectivity index (χ2n) is 2.60. The first-order valence-electron chi connectivity index (χ1n) is 3.70. The van der Waals surface area contributed by atoms with Crippen molar-refractivity contribution < 1.29 is 9.72 Å². The van der Waals surface area contributed by atoms with Gasteiger partial charge in [-0.2, -0.15) is 0 Å². The summed E-state index contributed by atoms with van der Waals surface area (Å²) in [5, 5.41) is 10.8. The number of Topliss-reactive ketones (excluding diaryl/α,β-unsaturated/α-hetero) is 1. The van der Waals surface area contributed by atoms with E-state index < -0.39 is 4.92 Å². The lowest BCUT2D eigenvalue weighted by atomic mass is 10.1. The molecule has 0 aliphatic rings. The summed E-state index contributed by atoms with van der Waals surface area (Å²) in [7, 11) is 0. The van der Waals surface area contributed by atoms with E-state index in [0.717, 1.165) is 0 Å². The Kier molecular flexibility index (Phi) is 4.30. The number of alkyl halides is 1. The van der Waals surface area contributed by atoms with Crippen LogP contribution in [0, 0.1) is 13.7 Å². The molecule has 0 amide bonds. The summed E-state index contributed by atoms with van der Waals surface area (Å²) in [5.74, 6) is -0.611. The molecule has 7 heteroatoms. The van der Waals surface area contributed by atoms with E-state index >= 15 is 0 Å². The molecule has 80 valence electrons. The highest BCUT2D eigenvalue weighted by Crippen LogP contribution is 2.29. The second-order valence-corrected chi connectivity index (χ2v) is 4.38. The number of hydrogen-bond donors (Lipinski definition) is 0. The third-order valence-electron chi connectivity index (χ3n) is 1.64. The molecule has 0 spiro atoms. The van der Waals surface area contributed by atoms with Crippen LogP contribution in [0.2, 0.25) is 5.02 Å². The summed E-state index contributed by atoms with van der Waals surface area (Å²) in [6, 6.07) is 2.58. The molecule has 0 aliphatic heterocycles. The lowest BCUT2D eigenvalue weighted by Gasteiger charge is -2.03. The van der Waals surface area contributed by atoms with Gasteiger partial charge in [-0.3, -0.25) is 14.9 Å². The summed E-state index contributed by atoms with van der Waals surface area (Å²) < 4.78 is 0.257. The van der Waals surface area contributed by atoms with Crippen molar-refractivity contribution in [3.8, 4) is 0 Å². The van der Waals surface area contributed by atoms with Crippen LogP contribution in [0.15, 0.2) is 12.1 Å². The molecule has 0 radical (unpaired) electrons. The molecule has 0 saturated heterocycles. The van der Waals surface area contributed by atoms with Gasteiger partial charge in [0, 0.05) is 16.7 Å². The minimum atomic E-state index is -0.585. The van der Waals surface area contributed by atoms with E-state index in [9.17, 15) is 14.9 Å². The molecular formula is C8H4Cl2INO3. The van der Waals surface area contributed by atoms with Crippen molar-refractivity contribution in [1.82, 2.24) is 0 Å². The van der Waals surface area contributed by atoms with Crippen molar-refractivity contribution in [3.63, 3.8) is 0 Å². The Bertz CT molecular complexity index is 436. The highest BCUT2D eigenvalue weighted by atomic mass is 127. The minimum Gasteiger partial charge on any atom is -0.293 e. The fourth-order valence-electron chi connectivity index (χ4n) is 0.983. The largest absolute Gasteiger partial charge is 0.293 e. The standard InChI is InChI=1S/C8H4Cl2INO3/c9-3-7(13)5-1-4(10)2-6(8(5)11)12(14)15/h1-2H,3H2. The predicted octanol–water partition coefficient (Wildman–Crippen LogP) is 3.27. The molecule has 1 aromatic rings. The number of carbonyl (C=O) groups is 1. The van der Waals surface area contributed by atoms with Crippen molar-refractivity contribution in [3.05, 3.63) is 36.4 Å². The Hall–Kier alpha value is -0.400. The summed E-state index contributed by atoms with van der Waals surface area (Å²) in [6.07, 6.45) is 0. The van der Waals surface area contributed by atoms with Crippen LogP contribution < -0.4 is 0 Å². The van der Waals surface area contributed by atoms with Gasteiger partial charge in [0.2, 0.25) is 0 Å². The van der Waals surface area contributed by atoms with Gasteiger partial charge >= 0.3 is 0 Å². The fraction of sp³-hybridized carbons (Fsp3) is 0.125. The van der Waals surface area contributed by atoms with Gasteiger partial charge in [-0.1, -0.05) is 11.6 Å². The van der Waals surface area contributed by atoms with Crippen LogP contribution in [0.25, 0.3) is 0 Å². The predicted molar refractivity (Wildman–Crippen MR) is 65.9 cm³/mol. The average molecular weight is 360 g/mol. The number of halogens is 3. The van der Waals surface area contributed by atoms with E-state index in [1.165, 1.54) is 12.1 Å². The molecule has 0 N–H and O–H groups in total. The molecule has 0 fully saturated rings. The van der Waals surface area contributed by atoms with E-state index in [1.54, 1.807) is 22.6 Å². The zero-order valence-corrected chi connectivity index (χ0v) is 10.8. The fourth-order valence-corrected chi connectivity index (χ4v) is 2.15. The summed E-state index contributed by atoms with van der Waals surface area (Å²) in [4.78, 5) is 21.4. The Morgan fingerprint density at radius 1 is 1.53 bits per heavy atom. The van der Waals surface area contributed by atoms with Crippen LogP contribution >= 0.6 is 45.8 Å². The highest BCUT2D eigenvalue weighted by Gasteiger charge is 2.20. The Balaban J connectivity index is 3.41. The number of benzene rings is 1. The third kappa shape index (κ3) is 2.79. The van der Waals surface area contributed by atoms with Crippen LogP contribution in [0.5, 0.6) is 0 Å². The van der Waals surface area contributed by atoms with E-state index in [-0.39, 0.29) is 31.5 Å². The monoisotopic (exact) mass is 359 g/mol. The molecule has 0 unspecified atom stereocenters. The van der Waals surface area contributed by atoms with Gasteiger partial charge in [-0.15, -0.1) is 11.6 Å². The first-order valence-corrected chi connectivity index (χ1v) is 5.69. The maximum Gasteiger partial charge on any atom is 0.284 e. The Morgan fingerprint density at radius 2 is 2.13 bits per heavy atom. The number of nitrogens with zero attached hydrogens (tertiary/aromatic N) is 1. The van der Waals surface area contributed by atoms with Crippen molar-refractivity contribution in [2.45, 2.75) is 0 Å². The number of ketones is 1. The summed E-state index contributed by atoms with van der Waals surface area (Å²) in [5.41, 5.74) is 0.00127. The number of nitro groups is 1. The highest BCUT2D eigenvalue weighted by molar-refractivity contribution is 14.1. The van der Waals surface area contributed by atoms with E-state index in [2.05, 4.69) is 0 Å². The molecule has 4 nitrogen and oxygen atoms in total. The Labute approximate surface area is 109 Å². The first kappa shape index (κ1) is 12.7. The number of carbonyl (C=O) groups excluding carboxylic acids is 1. The van der Waals surface area contributed by atoms with E-state index in [1.807, 2.05) is 0 Å². The molecule has 0 aliphatic carbocycles. The SMILES string of the molecule is O=C(CCl)c1cc(Cl)cc([N+](=O)[O-])c1I. The normalized spacial score (nSPS) is 10.1. The molecule has 0 atom stereocenters. The number of nitro benzene ring substituents is 1. The topological polar surface area (TPSA) is 60.2 Å². The molecule has 0 aromatic heterocycles. The molecule has 1 aromatic carbocycles. The minimum absolute atomic E-state index is 0.149. The number of rotatable bonds is 3. The van der Waals surface area contributed by atoms with Crippen LogP contribution in [0.1, 0.15) is 10.4 Å². The molecule has 15 heavy (non-hydrogen) atoms. The maximum atomic E-state index is 11.3. The van der Waals surface area contributed by atoms with Crippen LogP contribution in [0.3, 0.4) is 0 Å². The van der Waals surface area contributed by atoms with Gasteiger partial charge in [0.15, 0.2) is 5.78 Å². The van der Waals surface area contributed by atoms with Gasteiger partial charge in [-0.05, 0) is 28.7 Å². The zero-order chi connectivity index (χ0) is 11.6. The average Bonchev–Trinajstić information content (AvgIpc) is 2.19. The van der Waals surface area contributed by atoms with E-state index in [4.69, 9.17) is 23.2 Å². The van der Waals surface area contributed by atoms with Crippen LogP contribution in [-0.4, -0.2) is 16.6 Å².